The Hall–Kier alpha value is -2.42. The Balaban J connectivity index is 1.83. The molecule has 1 fully saturated rings. The molecule has 1 aliphatic rings. The molecular weight excluding hydrogens is 274 g/mol. The summed E-state index contributed by atoms with van der Waals surface area (Å²) in [7, 11) is 0. The van der Waals surface area contributed by atoms with Crippen molar-refractivity contribution in [3.63, 3.8) is 0 Å². The number of nitrogens with zero attached hydrogens (tertiary/aromatic N) is 1. The van der Waals surface area contributed by atoms with Crippen LogP contribution in [0.2, 0.25) is 0 Å². The summed E-state index contributed by atoms with van der Waals surface area (Å²) >= 11 is 0. The molecule has 1 saturated carbocycles. The van der Waals surface area contributed by atoms with E-state index in [0.29, 0.717) is 5.92 Å². The lowest BCUT2D eigenvalue weighted by Gasteiger charge is -2.17. The van der Waals surface area contributed by atoms with Gasteiger partial charge in [-0.2, -0.15) is 0 Å². The molecule has 3 nitrogen and oxygen atoms in total. The maximum atomic E-state index is 12.2. The van der Waals surface area contributed by atoms with Gasteiger partial charge in [0.2, 0.25) is 0 Å². The van der Waals surface area contributed by atoms with Gasteiger partial charge in [0.25, 0.3) is 0 Å². The van der Waals surface area contributed by atoms with E-state index in [1.165, 1.54) is 12.8 Å². The number of esters is 1. The second-order valence-electron chi connectivity index (χ2n) is 5.64. The van der Waals surface area contributed by atoms with Crippen molar-refractivity contribution in [1.29, 1.82) is 0 Å². The Morgan fingerprint density at radius 1 is 1.18 bits per heavy atom. The number of ether oxygens (including phenoxy) is 1. The maximum Gasteiger partial charge on any atom is 0.331 e. The van der Waals surface area contributed by atoms with Crippen LogP contribution in [0.4, 0.5) is 0 Å². The molecule has 3 heteroatoms. The van der Waals surface area contributed by atoms with Crippen molar-refractivity contribution in [2.45, 2.75) is 25.9 Å². The number of aromatic nitrogens is 1. The molecular formula is C19H19NO2. The molecule has 1 unspecified atom stereocenters. The third kappa shape index (κ3) is 3.61. The number of pyridine rings is 1. The van der Waals surface area contributed by atoms with Gasteiger partial charge in [0.05, 0.1) is 5.69 Å². The molecule has 1 aromatic heterocycles. The zero-order valence-electron chi connectivity index (χ0n) is 12.6. The average molecular weight is 293 g/mol. The van der Waals surface area contributed by atoms with E-state index in [9.17, 15) is 4.79 Å². The van der Waals surface area contributed by atoms with Crippen LogP contribution in [0, 0.1) is 5.92 Å². The average Bonchev–Trinajstić information content (AvgIpc) is 3.39. The number of hydrogen-bond acceptors (Lipinski definition) is 3. The first kappa shape index (κ1) is 14.5. The molecule has 3 rings (SSSR count). The van der Waals surface area contributed by atoms with E-state index in [1.54, 1.807) is 12.3 Å². The Morgan fingerprint density at radius 3 is 2.55 bits per heavy atom. The van der Waals surface area contributed by atoms with Crippen molar-refractivity contribution < 1.29 is 9.53 Å². The Morgan fingerprint density at radius 2 is 1.91 bits per heavy atom. The van der Waals surface area contributed by atoms with Crippen LogP contribution in [0.3, 0.4) is 0 Å². The number of carbonyl (C=O) groups is 1. The minimum Gasteiger partial charge on any atom is -0.448 e. The summed E-state index contributed by atoms with van der Waals surface area (Å²) in [6, 6.07) is 15.3. The van der Waals surface area contributed by atoms with Crippen LogP contribution >= 0.6 is 0 Å². The van der Waals surface area contributed by atoms with E-state index in [4.69, 9.17) is 4.74 Å². The molecule has 1 heterocycles. The topological polar surface area (TPSA) is 39.2 Å². The highest BCUT2D eigenvalue weighted by Gasteiger charge is 2.25. The summed E-state index contributed by atoms with van der Waals surface area (Å²) in [4.78, 5) is 16.6. The highest BCUT2D eigenvalue weighted by molar-refractivity contribution is 5.83. The first-order valence-electron chi connectivity index (χ1n) is 7.58. The van der Waals surface area contributed by atoms with Gasteiger partial charge in [-0.05, 0) is 43.4 Å². The van der Waals surface area contributed by atoms with Crippen LogP contribution in [0.5, 0.6) is 0 Å². The highest BCUT2D eigenvalue weighted by Crippen LogP contribution is 2.36. The van der Waals surface area contributed by atoms with Gasteiger partial charge in [0.1, 0.15) is 0 Å². The molecule has 0 aliphatic heterocycles. The summed E-state index contributed by atoms with van der Waals surface area (Å²) in [5.41, 5.74) is 2.77. The van der Waals surface area contributed by atoms with Crippen LogP contribution in [-0.4, -0.2) is 11.0 Å². The van der Waals surface area contributed by atoms with Gasteiger partial charge >= 0.3 is 5.97 Å². The largest absolute Gasteiger partial charge is 0.448 e. The van der Waals surface area contributed by atoms with Crippen molar-refractivity contribution in [3.8, 4) is 0 Å². The fraction of sp³-hybridized carbons (Fsp3) is 0.263. The molecule has 112 valence electrons. The van der Waals surface area contributed by atoms with E-state index in [2.05, 4.69) is 4.98 Å². The molecule has 1 atom stereocenters. The second-order valence-corrected chi connectivity index (χ2v) is 5.64. The summed E-state index contributed by atoms with van der Waals surface area (Å²) in [5.74, 6) is 0.265. The molecule has 0 spiro atoms. The summed E-state index contributed by atoms with van der Waals surface area (Å²) < 4.78 is 5.69. The number of hydrogen-bond donors (Lipinski definition) is 0. The van der Waals surface area contributed by atoms with E-state index in [1.807, 2.05) is 55.5 Å². The van der Waals surface area contributed by atoms with E-state index >= 15 is 0 Å². The predicted octanol–water partition coefficient (Wildman–Crippen LogP) is 4.07. The lowest BCUT2D eigenvalue weighted by Crippen LogP contribution is -2.12. The molecule has 22 heavy (non-hydrogen) atoms. The zero-order valence-corrected chi connectivity index (χ0v) is 12.6. The van der Waals surface area contributed by atoms with Gasteiger partial charge in [0.15, 0.2) is 6.10 Å². The minimum atomic E-state index is -0.474. The van der Waals surface area contributed by atoms with Crippen molar-refractivity contribution in [2.75, 3.05) is 0 Å². The van der Waals surface area contributed by atoms with Crippen LogP contribution in [-0.2, 0) is 9.53 Å². The SMILES string of the molecule is C/C(=C\C(=O)OC(c1ccccc1)c1ccccn1)C1CC1. The number of carbonyl (C=O) groups excluding carboxylic acids is 1. The van der Waals surface area contributed by atoms with Crippen LogP contribution in [0.25, 0.3) is 0 Å². The first-order valence-corrected chi connectivity index (χ1v) is 7.58. The van der Waals surface area contributed by atoms with Crippen molar-refractivity contribution in [2.24, 2.45) is 5.92 Å². The molecule has 0 radical (unpaired) electrons. The lowest BCUT2D eigenvalue weighted by molar-refractivity contribution is -0.141. The van der Waals surface area contributed by atoms with Gasteiger partial charge in [-0.1, -0.05) is 42.0 Å². The van der Waals surface area contributed by atoms with Gasteiger partial charge in [0, 0.05) is 12.3 Å². The van der Waals surface area contributed by atoms with Crippen molar-refractivity contribution in [1.82, 2.24) is 4.98 Å². The number of allylic oxidation sites excluding steroid dienone is 1. The monoisotopic (exact) mass is 293 g/mol. The predicted molar refractivity (Wildman–Crippen MR) is 85.1 cm³/mol. The van der Waals surface area contributed by atoms with Crippen LogP contribution in [0.15, 0.2) is 66.4 Å². The van der Waals surface area contributed by atoms with Gasteiger partial charge in [-0.25, -0.2) is 4.79 Å². The molecule has 2 aromatic rings. The maximum absolute atomic E-state index is 12.2. The Labute approximate surface area is 130 Å². The van der Waals surface area contributed by atoms with Crippen molar-refractivity contribution in [3.05, 3.63) is 77.6 Å². The second kappa shape index (κ2) is 6.56. The van der Waals surface area contributed by atoms with E-state index in [-0.39, 0.29) is 5.97 Å². The quantitative estimate of drug-likeness (QED) is 0.616. The fourth-order valence-corrected chi connectivity index (χ4v) is 2.45. The molecule has 1 aromatic carbocycles. The lowest BCUT2D eigenvalue weighted by atomic mass is 10.1. The Bertz CT molecular complexity index is 621. The first-order chi connectivity index (χ1) is 10.7. The summed E-state index contributed by atoms with van der Waals surface area (Å²) in [5, 5.41) is 0. The minimum absolute atomic E-state index is 0.302. The van der Waals surface area contributed by atoms with Crippen LogP contribution < -0.4 is 0 Å². The van der Waals surface area contributed by atoms with Gasteiger partial charge in [-0.15, -0.1) is 0 Å². The summed E-state index contributed by atoms with van der Waals surface area (Å²) in [6.45, 7) is 2.00. The zero-order chi connectivity index (χ0) is 15.4. The number of rotatable bonds is 5. The summed E-state index contributed by atoms with van der Waals surface area (Å²) in [6.07, 6.45) is 5.22. The molecule has 0 saturated heterocycles. The molecule has 0 bridgehead atoms. The fourth-order valence-electron chi connectivity index (χ4n) is 2.45. The smallest absolute Gasteiger partial charge is 0.331 e. The third-order valence-electron chi connectivity index (χ3n) is 3.86. The van der Waals surface area contributed by atoms with E-state index in [0.717, 1.165) is 16.8 Å². The van der Waals surface area contributed by atoms with Gasteiger partial charge < -0.3 is 4.74 Å². The third-order valence-corrected chi connectivity index (χ3v) is 3.86. The van der Waals surface area contributed by atoms with Crippen molar-refractivity contribution >= 4 is 5.97 Å². The molecule has 0 N–H and O–H groups in total. The van der Waals surface area contributed by atoms with E-state index < -0.39 is 6.10 Å². The standard InChI is InChI=1S/C19H19NO2/c1-14(15-10-11-15)13-18(21)22-19(16-7-3-2-4-8-16)17-9-5-6-12-20-17/h2-9,12-13,15,19H,10-11H2,1H3/b14-13+. The molecule has 0 amide bonds. The Kier molecular flexibility index (Phi) is 4.33. The molecule has 1 aliphatic carbocycles. The normalized spacial score (nSPS) is 16.1. The number of benzene rings is 1. The highest BCUT2D eigenvalue weighted by atomic mass is 16.5. The van der Waals surface area contributed by atoms with Crippen LogP contribution in [0.1, 0.15) is 37.1 Å². The van der Waals surface area contributed by atoms with Gasteiger partial charge in [-0.3, -0.25) is 4.98 Å².